The second-order valence-electron chi connectivity index (χ2n) is 5.23. The number of aromatic nitrogens is 2. The van der Waals surface area contributed by atoms with Gasteiger partial charge in [-0.1, -0.05) is 42.4 Å². The van der Waals surface area contributed by atoms with Crippen LogP contribution in [0.25, 0.3) is 0 Å². The zero-order chi connectivity index (χ0) is 14.7. The van der Waals surface area contributed by atoms with Crippen LogP contribution in [0.5, 0.6) is 0 Å². The predicted octanol–water partition coefficient (Wildman–Crippen LogP) is 5.35. The highest BCUT2D eigenvalue weighted by Crippen LogP contribution is 2.29. The van der Waals surface area contributed by atoms with E-state index in [1.807, 2.05) is 24.3 Å². The lowest BCUT2D eigenvalue weighted by molar-refractivity contribution is 0.708. The van der Waals surface area contributed by atoms with Gasteiger partial charge in [0.1, 0.15) is 10.5 Å². The first kappa shape index (κ1) is 15.1. The van der Waals surface area contributed by atoms with Crippen molar-refractivity contribution >= 4 is 35.6 Å². The molecule has 1 aliphatic rings. The Kier molecular flexibility index (Phi) is 4.99. The molecule has 3 rings (SSSR count). The number of hydrogen-bond acceptors (Lipinski definition) is 3. The van der Waals surface area contributed by atoms with E-state index in [1.54, 1.807) is 11.8 Å². The number of rotatable bonds is 3. The number of benzene rings is 1. The molecule has 1 heterocycles. The summed E-state index contributed by atoms with van der Waals surface area (Å²) in [6, 6.07) is 7.89. The van der Waals surface area contributed by atoms with Gasteiger partial charge in [-0.2, -0.15) is 0 Å². The van der Waals surface area contributed by atoms with Crippen LogP contribution in [0.4, 0.5) is 0 Å². The molecule has 2 nitrogen and oxygen atoms in total. The van der Waals surface area contributed by atoms with Gasteiger partial charge < -0.3 is 4.98 Å². The third-order valence-electron chi connectivity index (χ3n) is 3.71. The monoisotopic (exact) mass is 336 g/mol. The SMILES string of the molecule is S=c1nc(CSc2ccccc2Cl)[nH]c2c1CCCCC2. The van der Waals surface area contributed by atoms with Crippen molar-refractivity contribution in [1.82, 2.24) is 9.97 Å². The largest absolute Gasteiger partial charge is 0.346 e. The molecule has 0 aliphatic heterocycles. The van der Waals surface area contributed by atoms with Crippen LogP contribution >= 0.6 is 35.6 Å². The molecule has 1 aliphatic carbocycles. The van der Waals surface area contributed by atoms with E-state index in [1.165, 1.54) is 30.5 Å². The molecule has 1 N–H and O–H groups in total. The molecule has 0 atom stereocenters. The Morgan fingerprint density at radius 2 is 2.00 bits per heavy atom. The first-order chi connectivity index (χ1) is 10.2. The van der Waals surface area contributed by atoms with Crippen LogP contribution in [0.2, 0.25) is 5.02 Å². The van der Waals surface area contributed by atoms with Crippen molar-refractivity contribution in [2.75, 3.05) is 0 Å². The van der Waals surface area contributed by atoms with E-state index in [-0.39, 0.29) is 0 Å². The Morgan fingerprint density at radius 3 is 2.86 bits per heavy atom. The van der Waals surface area contributed by atoms with Crippen LogP contribution in [0, 0.1) is 4.64 Å². The fraction of sp³-hybridized carbons (Fsp3) is 0.375. The summed E-state index contributed by atoms with van der Waals surface area (Å²) < 4.78 is 0.778. The summed E-state index contributed by atoms with van der Waals surface area (Å²) in [5.41, 5.74) is 2.55. The Labute approximate surface area is 139 Å². The van der Waals surface area contributed by atoms with E-state index in [4.69, 9.17) is 23.8 Å². The predicted molar refractivity (Wildman–Crippen MR) is 91.7 cm³/mol. The molecule has 0 unspecified atom stereocenters. The first-order valence-electron chi connectivity index (χ1n) is 7.22. The fourth-order valence-corrected chi connectivity index (χ4v) is 4.07. The molecular weight excluding hydrogens is 320 g/mol. The summed E-state index contributed by atoms with van der Waals surface area (Å²) in [6.45, 7) is 0. The van der Waals surface area contributed by atoms with E-state index in [0.29, 0.717) is 0 Å². The second-order valence-corrected chi connectivity index (χ2v) is 7.04. The van der Waals surface area contributed by atoms with Gasteiger partial charge in [-0.05, 0) is 37.8 Å². The normalized spacial score (nSPS) is 14.5. The van der Waals surface area contributed by atoms with Crippen LogP contribution in [0.3, 0.4) is 0 Å². The molecule has 0 bridgehead atoms. The average Bonchev–Trinajstić information content (AvgIpc) is 2.72. The van der Waals surface area contributed by atoms with Gasteiger partial charge in [0.25, 0.3) is 0 Å². The number of H-pyrrole nitrogens is 1. The Bertz CT molecular complexity index is 697. The van der Waals surface area contributed by atoms with E-state index in [0.717, 1.165) is 39.0 Å². The molecular formula is C16H17ClN2S2. The van der Waals surface area contributed by atoms with Gasteiger partial charge >= 0.3 is 0 Å². The summed E-state index contributed by atoms with van der Waals surface area (Å²) in [5, 5.41) is 0.788. The van der Waals surface area contributed by atoms with Crippen LogP contribution in [0.1, 0.15) is 36.3 Å². The highest BCUT2D eigenvalue weighted by molar-refractivity contribution is 7.98. The number of halogens is 1. The Hall–Kier alpha value is -0.840. The maximum Gasteiger partial charge on any atom is 0.133 e. The molecule has 110 valence electrons. The smallest absolute Gasteiger partial charge is 0.133 e. The Morgan fingerprint density at radius 1 is 1.19 bits per heavy atom. The van der Waals surface area contributed by atoms with Crippen LogP contribution in [-0.2, 0) is 18.6 Å². The van der Waals surface area contributed by atoms with Crippen molar-refractivity contribution in [2.24, 2.45) is 0 Å². The van der Waals surface area contributed by atoms with Gasteiger partial charge in [-0.25, -0.2) is 4.98 Å². The number of aryl methyl sites for hydroxylation is 1. The molecule has 0 spiro atoms. The molecule has 0 saturated heterocycles. The lowest BCUT2D eigenvalue weighted by Crippen LogP contribution is -2.03. The highest BCUT2D eigenvalue weighted by atomic mass is 35.5. The second kappa shape index (κ2) is 6.95. The quantitative estimate of drug-likeness (QED) is 0.465. The maximum absolute atomic E-state index is 6.19. The van der Waals surface area contributed by atoms with E-state index >= 15 is 0 Å². The van der Waals surface area contributed by atoms with Crippen molar-refractivity contribution in [3.8, 4) is 0 Å². The van der Waals surface area contributed by atoms with Gasteiger partial charge in [-0.3, -0.25) is 0 Å². The van der Waals surface area contributed by atoms with Crippen molar-refractivity contribution in [1.29, 1.82) is 0 Å². The van der Waals surface area contributed by atoms with Gasteiger partial charge in [-0.15, -0.1) is 11.8 Å². The van der Waals surface area contributed by atoms with Crippen molar-refractivity contribution in [3.05, 3.63) is 51.0 Å². The molecule has 5 heteroatoms. The lowest BCUT2D eigenvalue weighted by Gasteiger charge is -2.09. The molecule has 2 aromatic rings. The van der Waals surface area contributed by atoms with Crippen molar-refractivity contribution in [2.45, 2.75) is 42.8 Å². The fourth-order valence-electron chi connectivity index (χ4n) is 2.62. The molecule has 21 heavy (non-hydrogen) atoms. The number of aromatic amines is 1. The summed E-state index contributed by atoms with van der Waals surface area (Å²) in [4.78, 5) is 9.14. The number of hydrogen-bond donors (Lipinski definition) is 1. The first-order valence-corrected chi connectivity index (χ1v) is 8.99. The minimum Gasteiger partial charge on any atom is -0.346 e. The summed E-state index contributed by atoms with van der Waals surface area (Å²) in [7, 11) is 0. The molecule has 0 amide bonds. The van der Waals surface area contributed by atoms with E-state index in [2.05, 4.69) is 9.97 Å². The topological polar surface area (TPSA) is 28.7 Å². The lowest BCUT2D eigenvalue weighted by atomic mass is 10.1. The van der Waals surface area contributed by atoms with Gasteiger partial charge in [0.15, 0.2) is 0 Å². The van der Waals surface area contributed by atoms with Crippen molar-refractivity contribution in [3.63, 3.8) is 0 Å². The number of fused-ring (bicyclic) bond motifs is 1. The summed E-state index contributed by atoms with van der Waals surface area (Å²) in [6.07, 6.45) is 5.89. The molecule has 0 fully saturated rings. The average molecular weight is 337 g/mol. The zero-order valence-corrected chi connectivity index (χ0v) is 14.1. The Balaban J connectivity index is 1.80. The number of thioether (sulfide) groups is 1. The standard InChI is InChI=1S/C16H17ClN2S2/c17-12-7-4-5-9-14(12)21-10-15-18-13-8-3-1-2-6-11(13)16(20)19-15/h4-5,7,9H,1-3,6,8,10H2,(H,18,19,20). The minimum atomic E-state index is 0.765. The molecule has 0 radical (unpaired) electrons. The van der Waals surface area contributed by atoms with Gasteiger partial charge in [0.2, 0.25) is 0 Å². The maximum atomic E-state index is 6.19. The third-order valence-corrected chi connectivity index (χ3v) is 5.57. The van der Waals surface area contributed by atoms with Crippen LogP contribution < -0.4 is 0 Å². The number of nitrogens with zero attached hydrogens (tertiary/aromatic N) is 1. The van der Waals surface area contributed by atoms with E-state index < -0.39 is 0 Å². The number of nitrogens with one attached hydrogen (secondary N) is 1. The van der Waals surface area contributed by atoms with E-state index in [9.17, 15) is 0 Å². The minimum absolute atomic E-state index is 0.765. The van der Waals surface area contributed by atoms with Crippen LogP contribution in [0.15, 0.2) is 29.2 Å². The third kappa shape index (κ3) is 3.68. The van der Waals surface area contributed by atoms with Crippen LogP contribution in [-0.4, -0.2) is 9.97 Å². The highest BCUT2D eigenvalue weighted by Gasteiger charge is 2.12. The summed E-state index contributed by atoms with van der Waals surface area (Å²) >= 11 is 13.4. The zero-order valence-electron chi connectivity index (χ0n) is 11.7. The molecule has 1 aromatic carbocycles. The summed E-state index contributed by atoms with van der Waals surface area (Å²) in [5.74, 6) is 1.71. The molecule has 0 saturated carbocycles. The van der Waals surface area contributed by atoms with Gasteiger partial charge in [0, 0.05) is 16.2 Å². The molecule has 1 aromatic heterocycles. The van der Waals surface area contributed by atoms with Crippen molar-refractivity contribution < 1.29 is 0 Å². The van der Waals surface area contributed by atoms with Gasteiger partial charge in [0.05, 0.1) is 10.8 Å².